The van der Waals surface area contributed by atoms with Crippen LogP contribution in [0.2, 0.25) is 0 Å². The van der Waals surface area contributed by atoms with Gasteiger partial charge in [-0.05, 0) is 53.3 Å². The Kier molecular flexibility index (Phi) is 6.89. The molecule has 1 aromatic rings. The lowest BCUT2D eigenvalue weighted by Crippen LogP contribution is -2.37. The van der Waals surface area contributed by atoms with Crippen molar-refractivity contribution in [3.63, 3.8) is 0 Å². The fourth-order valence-corrected chi connectivity index (χ4v) is 3.53. The largest absolute Gasteiger partial charge is 0.404 e. The highest BCUT2D eigenvalue weighted by Crippen LogP contribution is 2.26. The molecule has 0 unspecified atom stereocenters. The zero-order valence-electron chi connectivity index (χ0n) is 16.4. The third kappa shape index (κ3) is 5.70. The maximum Gasteiger partial charge on any atom is 0.401 e. The second-order valence-corrected chi connectivity index (χ2v) is 7.10. The number of nitrogens with zero attached hydrogens (tertiary/aromatic N) is 2. The van der Waals surface area contributed by atoms with E-state index < -0.39 is 12.7 Å². The molecule has 0 amide bonds. The molecule has 4 N–H and O–H groups in total. The number of aliphatic imine (C=N–C) groups is 1. The standard InChI is InChI=1S/C22H24F3N5/c23-22(24,25)15-30-9-6-16-10-20(4-3-18(16)14-30)29-8-5-17-13-28-7-1-2-21(17)19(11-26)12-27/h1,3-5,7-8,10-13,26,29H,2,6,9,14-15,27H2/b8-5+,19-12?,26-11?. The van der Waals surface area contributed by atoms with Gasteiger partial charge in [-0.15, -0.1) is 0 Å². The van der Waals surface area contributed by atoms with Crippen LogP contribution < -0.4 is 11.1 Å². The van der Waals surface area contributed by atoms with E-state index in [0.717, 1.165) is 28.0 Å². The van der Waals surface area contributed by atoms with E-state index in [-0.39, 0.29) is 0 Å². The SMILES string of the molecule is N=CC(=CN)C1=C(/C=C/Nc2ccc3c(c2)CCN(CC(F)(F)F)C3)C=NC=CC1. The van der Waals surface area contributed by atoms with Gasteiger partial charge in [0.25, 0.3) is 0 Å². The van der Waals surface area contributed by atoms with Crippen molar-refractivity contribution in [1.82, 2.24) is 4.90 Å². The topological polar surface area (TPSA) is 77.5 Å². The number of alkyl halides is 3. The molecular formula is C22H24F3N5. The Morgan fingerprint density at radius 2 is 2.13 bits per heavy atom. The Morgan fingerprint density at radius 1 is 1.30 bits per heavy atom. The summed E-state index contributed by atoms with van der Waals surface area (Å²) in [7, 11) is 0. The molecule has 0 bridgehead atoms. The molecule has 0 aromatic heterocycles. The molecule has 3 rings (SSSR count). The molecule has 0 radical (unpaired) electrons. The first-order chi connectivity index (χ1) is 14.4. The Hall–Kier alpha value is -3.13. The Balaban J connectivity index is 1.70. The van der Waals surface area contributed by atoms with Crippen LogP contribution >= 0.6 is 0 Å². The molecular weight excluding hydrogens is 391 g/mol. The first-order valence-electron chi connectivity index (χ1n) is 9.57. The zero-order chi connectivity index (χ0) is 21.6. The van der Waals surface area contributed by atoms with Crippen molar-refractivity contribution in [3.05, 3.63) is 76.8 Å². The third-order valence-electron chi connectivity index (χ3n) is 4.97. The van der Waals surface area contributed by atoms with Crippen LogP contribution in [-0.4, -0.2) is 36.6 Å². The van der Waals surface area contributed by atoms with Crippen molar-refractivity contribution in [2.45, 2.75) is 25.6 Å². The zero-order valence-corrected chi connectivity index (χ0v) is 16.4. The quantitative estimate of drug-likeness (QED) is 0.606. The molecule has 1 aromatic carbocycles. The molecule has 2 aliphatic rings. The summed E-state index contributed by atoms with van der Waals surface area (Å²) in [5.74, 6) is 0. The smallest absolute Gasteiger partial charge is 0.401 e. The van der Waals surface area contributed by atoms with Crippen LogP contribution in [-0.2, 0) is 13.0 Å². The predicted molar refractivity (Wildman–Crippen MR) is 115 cm³/mol. The minimum absolute atomic E-state index is 0.308. The Labute approximate surface area is 173 Å². The maximum absolute atomic E-state index is 12.6. The number of anilines is 1. The van der Waals surface area contributed by atoms with E-state index in [4.69, 9.17) is 11.1 Å². The lowest BCUT2D eigenvalue weighted by atomic mass is 9.98. The van der Waals surface area contributed by atoms with Crippen molar-refractivity contribution < 1.29 is 13.2 Å². The van der Waals surface area contributed by atoms with Gasteiger partial charge in [-0.25, -0.2) is 0 Å². The summed E-state index contributed by atoms with van der Waals surface area (Å²) < 4.78 is 37.9. The lowest BCUT2D eigenvalue weighted by molar-refractivity contribution is -0.147. The fourth-order valence-electron chi connectivity index (χ4n) is 3.53. The normalized spacial score (nSPS) is 17.9. The summed E-state index contributed by atoms with van der Waals surface area (Å²) in [6.07, 6.45) is 8.62. The minimum Gasteiger partial charge on any atom is -0.404 e. The number of benzene rings is 1. The Bertz CT molecular complexity index is 939. The van der Waals surface area contributed by atoms with E-state index in [1.807, 2.05) is 30.4 Å². The van der Waals surface area contributed by atoms with E-state index in [9.17, 15) is 13.2 Å². The summed E-state index contributed by atoms with van der Waals surface area (Å²) in [6.45, 7) is -0.177. The maximum atomic E-state index is 12.6. The molecule has 30 heavy (non-hydrogen) atoms. The summed E-state index contributed by atoms with van der Waals surface area (Å²) in [5.41, 5.74) is 10.9. The number of rotatable bonds is 6. The number of nitrogens with one attached hydrogen (secondary N) is 2. The second kappa shape index (κ2) is 9.58. The lowest BCUT2D eigenvalue weighted by Gasteiger charge is -2.29. The summed E-state index contributed by atoms with van der Waals surface area (Å²) >= 11 is 0. The highest BCUT2D eigenvalue weighted by Gasteiger charge is 2.32. The molecule has 0 saturated carbocycles. The van der Waals surface area contributed by atoms with Crippen LogP contribution in [0, 0.1) is 5.41 Å². The van der Waals surface area contributed by atoms with Gasteiger partial charge in [0.15, 0.2) is 0 Å². The molecule has 0 aliphatic carbocycles. The van der Waals surface area contributed by atoms with Gasteiger partial charge in [-0.3, -0.25) is 9.89 Å². The molecule has 0 atom stereocenters. The molecule has 0 fully saturated rings. The van der Waals surface area contributed by atoms with Crippen molar-refractivity contribution in [1.29, 1.82) is 5.41 Å². The van der Waals surface area contributed by atoms with Gasteiger partial charge in [-0.1, -0.05) is 12.1 Å². The van der Waals surface area contributed by atoms with Crippen molar-refractivity contribution in [2.24, 2.45) is 10.7 Å². The monoisotopic (exact) mass is 415 g/mol. The highest BCUT2D eigenvalue weighted by molar-refractivity contribution is 5.92. The summed E-state index contributed by atoms with van der Waals surface area (Å²) in [5, 5.41) is 10.7. The van der Waals surface area contributed by atoms with E-state index in [2.05, 4.69) is 10.3 Å². The molecule has 2 heterocycles. The Morgan fingerprint density at radius 3 is 2.87 bits per heavy atom. The van der Waals surface area contributed by atoms with Crippen LogP contribution in [0.25, 0.3) is 0 Å². The molecule has 158 valence electrons. The van der Waals surface area contributed by atoms with E-state index in [1.54, 1.807) is 18.6 Å². The van der Waals surface area contributed by atoms with Gasteiger partial charge in [0.2, 0.25) is 0 Å². The van der Waals surface area contributed by atoms with Gasteiger partial charge in [-0.2, -0.15) is 13.2 Å². The van der Waals surface area contributed by atoms with E-state index >= 15 is 0 Å². The van der Waals surface area contributed by atoms with Crippen molar-refractivity contribution in [2.75, 3.05) is 18.4 Å². The van der Waals surface area contributed by atoms with Crippen molar-refractivity contribution in [3.8, 4) is 0 Å². The van der Waals surface area contributed by atoms with Gasteiger partial charge in [0.05, 0.1) is 6.54 Å². The van der Waals surface area contributed by atoms with E-state index in [0.29, 0.717) is 31.5 Å². The second-order valence-electron chi connectivity index (χ2n) is 7.10. The predicted octanol–water partition coefficient (Wildman–Crippen LogP) is 4.31. The summed E-state index contributed by atoms with van der Waals surface area (Å²) in [4.78, 5) is 5.62. The van der Waals surface area contributed by atoms with Gasteiger partial charge in [0, 0.05) is 55.4 Å². The molecule has 2 aliphatic heterocycles. The van der Waals surface area contributed by atoms with Gasteiger partial charge >= 0.3 is 6.18 Å². The van der Waals surface area contributed by atoms with Gasteiger partial charge in [0.1, 0.15) is 0 Å². The van der Waals surface area contributed by atoms with Crippen LogP contribution in [0.5, 0.6) is 0 Å². The highest BCUT2D eigenvalue weighted by atomic mass is 19.4. The number of hydrogen-bond donors (Lipinski definition) is 3. The number of allylic oxidation sites excluding steroid dienone is 5. The fraction of sp³-hybridized carbons (Fsp3) is 0.273. The van der Waals surface area contributed by atoms with Crippen LogP contribution in [0.15, 0.2) is 70.7 Å². The molecule has 0 saturated heterocycles. The van der Waals surface area contributed by atoms with Crippen LogP contribution in [0.3, 0.4) is 0 Å². The minimum atomic E-state index is -4.18. The number of halogens is 3. The van der Waals surface area contributed by atoms with Gasteiger partial charge < -0.3 is 16.5 Å². The average Bonchev–Trinajstić information content (AvgIpc) is 2.94. The number of hydrogen-bond acceptors (Lipinski definition) is 5. The first-order valence-corrected chi connectivity index (χ1v) is 9.57. The number of nitrogens with two attached hydrogens (primary N) is 1. The molecule has 5 nitrogen and oxygen atoms in total. The molecule has 0 spiro atoms. The van der Waals surface area contributed by atoms with Crippen LogP contribution in [0.4, 0.5) is 18.9 Å². The molecule has 8 heteroatoms. The first kappa shape index (κ1) is 21.6. The average molecular weight is 415 g/mol. The van der Waals surface area contributed by atoms with Crippen LogP contribution in [0.1, 0.15) is 17.5 Å². The number of fused-ring (bicyclic) bond motifs is 1. The van der Waals surface area contributed by atoms with E-state index in [1.165, 1.54) is 17.3 Å². The van der Waals surface area contributed by atoms with Crippen molar-refractivity contribution >= 4 is 18.1 Å². The summed E-state index contributed by atoms with van der Waals surface area (Å²) in [6, 6.07) is 5.71. The third-order valence-corrected chi connectivity index (χ3v) is 4.97.